The van der Waals surface area contributed by atoms with Crippen LogP contribution < -0.4 is 10.0 Å². The van der Waals surface area contributed by atoms with Gasteiger partial charge in [0.2, 0.25) is 15.9 Å². The van der Waals surface area contributed by atoms with Crippen LogP contribution in [0.25, 0.3) is 0 Å². The van der Waals surface area contributed by atoms with Gasteiger partial charge in [0.05, 0.1) is 4.90 Å². The number of sulfonamides is 1. The number of nitrogens with one attached hydrogen (secondary N) is 2. The summed E-state index contributed by atoms with van der Waals surface area (Å²) in [4.78, 5) is 12.8. The van der Waals surface area contributed by atoms with Gasteiger partial charge in [-0.15, -0.1) is 11.8 Å². The lowest BCUT2D eigenvalue weighted by Crippen LogP contribution is -2.31. The minimum Gasteiger partial charge on any atom is -0.355 e. The number of rotatable bonds is 9. The van der Waals surface area contributed by atoms with E-state index < -0.39 is 15.8 Å². The van der Waals surface area contributed by atoms with Gasteiger partial charge in [0.15, 0.2) is 0 Å². The number of halogens is 1. The molecule has 2 aromatic carbocycles. The van der Waals surface area contributed by atoms with Crippen LogP contribution in [0.5, 0.6) is 0 Å². The zero-order chi connectivity index (χ0) is 18.1. The minimum atomic E-state index is -3.73. The molecule has 0 radical (unpaired) electrons. The van der Waals surface area contributed by atoms with Gasteiger partial charge < -0.3 is 5.32 Å². The van der Waals surface area contributed by atoms with Crippen LogP contribution in [-0.2, 0) is 14.8 Å². The van der Waals surface area contributed by atoms with Crippen molar-refractivity contribution >= 4 is 27.7 Å². The maximum absolute atomic E-state index is 12.8. The van der Waals surface area contributed by atoms with Gasteiger partial charge in [0.25, 0.3) is 0 Å². The molecular weight excluding hydrogens is 363 g/mol. The lowest BCUT2D eigenvalue weighted by molar-refractivity contribution is -0.120. The maximum atomic E-state index is 12.8. The van der Waals surface area contributed by atoms with E-state index in [-0.39, 0.29) is 23.8 Å². The molecular formula is C17H19FN2O3S2. The minimum absolute atomic E-state index is 0.0165. The van der Waals surface area contributed by atoms with E-state index in [9.17, 15) is 17.6 Å². The van der Waals surface area contributed by atoms with Crippen molar-refractivity contribution in [2.75, 3.05) is 18.8 Å². The molecule has 0 unspecified atom stereocenters. The Morgan fingerprint density at radius 1 is 1.00 bits per heavy atom. The second kappa shape index (κ2) is 9.55. The lowest BCUT2D eigenvalue weighted by Gasteiger charge is -2.08. The molecule has 8 heteroatoms. The van der Waals surface area contributed by atoms with E-state index in [0.29, 0.717) is 6.54 Å². The smallest absolute Gasteiger partial charge is 0.240 e. The molecule has 2 rings (SSSR count). The van der Waals surface area contributed by atoms with E-state index in [1.54, 1.807) is 11.8 Å². The van der Waals surface area contributed by atoms with E-state index in [4.69, 9.17) is 0 Å². The molecule has 0 heterocycles. The monoisotopic (exact) mass is 382 g/mol. The molecule has 0 saturated carbocycles. The SMILES string of the molecule is O=C(CCNS(=O)(=O)c1ccc(F)cc1)NCCSc1ccccc1. The van der Waals surface area contributed by atoms with Gasteiger partial charge in [-0.1, -0.05) is 18.2 Å². The predicted molar refractivity (Wildman–Crippen MR) is 96.4 cm³/mol. The van der Waals surface area contributed by atoms with E-state index >= 15 is 0 Å². The summed E-state index contributed by atoms with van der Waals surface area (Å²) < 4.78 is 39.1. The molecule has 0 fully saturated rings. The fraction of sp³-hybridized carbons (Fsp3) is 0.235. The van der Waals surface area contributed by atoms with Crippen LogP contribution in [-0.4, -0.2) is 33.2 Å². The van der Waals surface area contributed by atoms with Crippen molar-refractivity contribution in [2.24, 2.45) is 0 Å². The number of hydrogen-bond donors (Lipinski definition) is 2. The first-order valence-corrected chi connectivity index (χ1v) is 10.1. The Morgan fingerprint density at radius 2 is 1.68 bits per heavy atom. The first-order valence-electron chi connectivity index (χ1n) is 7.67. The molecule has 0 atom stereocenters. The zero-order valence-electron chi connectivity index (χ0n) is 13.4. The predicted octanol–water partition coefficient (Wildman–Crippen LogP) is 2.40. The van der Waals surface area contributed by atoms with Crippen LogP contribution in [0, 0.1) is 5.82 Å². The molecule has 0 saturated heterocycles. The maximum Gasteiger partial charge on any atom is 0.240 e. The van der Waals surface area contributed by atoms with Crippen molar-refractivity contribution in [1.82, 2.24) is 10.0 Å². The van der Waals surface area contributed by atoms with E-state index in [0.717, 1.165) is 22.8 Å². The largest absolute Gasteiger partial charge is 0.355 e. The number of carbonyl (C=O) groups excluding carboxylic acids is 1. The fourth-order valence-electron chi connectivity index (χ4n) is 1.96. The third-order valence-corrected chi connectivity index (χ3v) is 5.69. The van der Waals surface area contributed by atoms with Gasteiger partial charge in [-0.25, -0.2) is 17.5 Å². The fourth-order valence-corrected chi connectivity index (χ4v) is 3.78. The van der Waals surface area contributed by atoms with Crippen molar-refractivity contribution in [3.8, 4) is 0 Å². The molecule has 0 aliphatic carbocycles. The van der Waals surface area contributed by atoms with Gasteiger partial charge in [-0.3, -0.25) is 4.79 Å². The highest BCUT2D eigenvalue weighted by Gasteiger charge is 2.14. The Bertz CT molecular complexity index is 781. The third-order valence-electron chi connectivity index (χ3n) is 3.20. The number of amides is 1. The summed E-state index contributed by atoms with van der Waals surface area (Å²) in [5, 5.41) is 2.74. The number of benzene rings is 2. The molecule has 5 nitrogen and oxygen atoms in total. The molecule has 0 aliphatic rings. The molecule has 2 N–H and O–H groups in total. The summed E-state index contributed by atoms with van der Waals surface area (Å²) in [6.07, 6.45) is 0.0381. The van der Waals surface area contributed by atoms with Crippen molar-refractivity contribution < 1.29 is 17.6 Å². The highest BCUT2D eigenvalue weighted by atomic mass is 32.2. The normalized spacial score (nSPS) is 11.2. The standard InChI is InChI=1S/C17H19FN2O3S2/c18-14-6-8-16(9-7-14)25(22,23)20-11-10-17(21)19-12-13-24-15-4-2-1-3-5-15/h1-9,20H,10-13H2,(H,19,21). The molecule has 0 bridgehead atoms. The first-order chi connectivity index (χ1) is 12.0. The molecule has 1 amide bonds. The van der Waals surface area contributed by atoms with Crippen molar-refractivity contribution in [2.45, 2.75) is 16.2 Å². The summed E-state index contributed by atoms with van der Waals surface area (Å²) in [5.41, 5.74) is 0. The quantitative estimate of drug-likeness (QED) is 0.516. The van der Waals surface area contributed by atoms with Gasteiger partial charge in [0, 0.05) is 30.2 Å². The summed E-state index contributed by atoms with van der Waals surface area (Å²) in [6.45, 7) is 0.487. The van der Waals surface area contributed by atoms with Crippen molar-refractivity contribution in [3.63, 3.8) is 0 Å². The molecule has 2 aromatic rings. The Balaban J connectivity index is 1.65. The second-order valence-corrected chi connectivity index (χ2v) is 8.05. The third kappa shape index (κ3) is 6.85. The van der Waals surface area contributed by atoms with Crippen LogP contribution in [0.1, 0.15) is 6.42 Å². The van der Waals surface area contributed by atoms with Gasteiger partial charge in [-0.2, -0.15) is 0 Å². The molecule has 25 heavy (non-hydrogen) atoms. The second-order valence-electron chi connectivity index (χ2n) is 5.11. The average molecular weight is 382 g/mol. The summed E-state index contributed by atoms with van der Waals surface area (Å²) in [5.74, 6) is -0.000909. The molecule has 0 aromatic heterocycles. The van der Waals surface area contributed by atoms with Crippen LogP contribution in [0.4, 0.5) is 4.39 Å². The highest BCUT2D eigenvalue weighted by Crippen LogP contribution is 2.15. The average Bonchev–Trinajstić information content (AvgIpc) is 2.60. The molecule has 0 aliphatic heterocycles. The van der Waals surface area contributed by atoms with E-state index in [1.165, 1.54) is 12.1 Å². The summed E-state index contributed by atoms with van der Waals surface area (Å²) >= 11 is 1.63. The summed E-state index contributed by atoms with van der Waals surface area (Å²) in [6, 6.07) is 14.4. The number of carbonyl (C=O) groups is 1. The Kier molecular flexibility index (Phi) is 7.42. The van der Waals surface area contributed by atoms with Gasteiger partial charge in [0.1, 0.15) is 5.82 Å². The first kappa shape index (κ1) is 19.4. The number of hydrogen-bond acceptors (Lipinski definition) is 4. The van der Waals surface area contributed by atoms with Gasteiger partial charge >= 0.3 is 0 Å². The Morgan fingerprint density at radius 3 is 2.36 bits per heavy atom. The Hall–Kier alpha value is -1.90. The van der Waals surface area contributed by atoms with Crippen molar-refractivity contribution in [3.05, 3.63) is 60.4 Å². The van der Waals surface area contributed by atoms with Gasteiger partial charge in [-0.05, 0) is 36.4 Å². The van der Waals surface area contributed by atoms with Crippen LogP contribution >= 0.6 is 11.8 Å². The van der Waals surface area contributed by atoms with Crippen LogP contribution in [0.15, 0.2) is 64.4 Å². The zero-order valence-corrected chi connectivity index (χ0v) is 15.1. The van der Waals surface area contributed by atoms with E-state index in [1.807, 2.05) is 30.3 Å². The molecule has 134 valence electrons. The van der Waals surface area contributed by atoms with Crippen LogP contribution in [0.2, 0.25) is 0 Å². The Labute approximate surface area is 151 Å². The molecule has 0 spiro atoms. The highest BCUT2D eigenvalue weighted by molar-refractivity contribution is 7.99. The van der Waals surface area contributed by atoms with Crippen LogP contribution in [0.3, 0.4) is 0 Å². The van der Waals surface area contributed by atoms with E-state index in [2.05, 4.69) is 10.0 Å². The van der Waals surface area contributed by atoms with Crippen molar-refractivity contribution in [1.29, 1.82) is 0 Å². The summed E-state index contributed by atoms with van der Waals surface area (Å²) in [7, 11) is -3.73. The lowest BCUT2D eigenvalue weighted by atomic mass is 10.4. The topological polar surface area (TPSA) is 75.3 Å². The number of thioether (sulfide) groups is 1.